The molecule has 0 fully saturated rings. The van der Waals surface area contributed by atoms with Crippen LogP contribution < -0.4 is 5.32 Å². The maximum absolute atomic E-state index is 12.9. The van der Waals surface area contributed by atoms with Gasteiger partial charge in [-0.05, 0) is 30.7 Å². The highest BCUT2D eigenvalue weighted by Gasteiger charge is 2.06. The van der Waals surface area contributed by atoms with E-state index in [1.54, 1.807) is 6.92 Å². The van der Waals surface area contributed by atoms with Crippen LogP contribution in [0.5, 0.6) is 0 Å². The van der Waals surface area contributed by atoms with Gasteiger partial charge in [0.15, 0.2) is 5.78 Å². The number of nitrogens with one attached hydrogen (secondary N) is 1. The summed E-state index contributed by atoms with van der Waals surface area (Å²) in [5.74, 6) is -0.415. The number of aliphatic hydroxyl groups excluding tert-OH is 1. The molecule has 4 heteroatoms. The second-order valence-corrected chi connectivity index (χ2v) is 3.29. The summed E-state index contributed by atoms with van der Waals surface area (Å²) in [6.45, 7) is 2.15. The summed E-state index contributed by atoms with van der Waals surface area (Å²) in [7, 11) is 0. The van der Waals surface area contributed by atoms with Crippen molar-refractivity contribution in [2.24, 2.45) is 0 Å². The molecule has 0 aliphatic rings. The van der Waals surface area contributed by atoms with Crippen molar-refractivity contribution in [1.29, 1.82) is 0 Å². The van der Waals surface area contributed by atoms with Crippen molar-refractivity contribution < 1.29 is 14.3 Å². The van der Waals surface area contributed by atoms with Gasteiger partial charge >= 0.3 is 0 Å². The lowest BCUT2D eigenvalue weighted by atomic mass is 10.1. The number of ketones is 1. The normalized spacial score (nSPS) is 10.3. The van der Waals surface area contributed by atoms with Crippen molar-refractivity contribution >= 4 is 5.78 Å². The largest absolute Gasteiger partial charge is 0.395 e. The van der Waals surface area contributed by atoms with Crippen molar-refractivity contribution in [3.8, 4) is 0 Å². The van der Waals surface area contributed by atoms with Crippen LogP contribution in [0.4, 0.5) is 4.39 Å². The van der Waals surface area contributed by atoms with E-state index >= 15 is 0 Å². The molecule has 0 heterocycles. The van der Waals surface area contributed by atoms with E-state index in [4.69, 9.17) is 5.11 Å². The number of benzene rings is 1. The lowest BCUT2D eigenvalue weighted by Gasteiger charge is -2.03. The number of carbonyl (C=O) groups is 1. The first-order chi connectivity index (χ1) is 7.15. The number of hydrogen-bond acceptors (Lipinski definition) is 3. The van der Waals surface area contributed by atoms with Crippen LogP contribution in [-0.4, -0.2) is 30.6 Å². The molecule has 2 N–H and O–H groups in total. The third-order valence-electron chi connectivity index (χ3n) is 2.05. The third-order valence-corrected chi connectivity index (χ3v) is 2.05. The zero-order valence-corrected chi connectivity index (χ0v) is 8.59. The standard InChI is InChI=1S/C11H14FNO2/c1-8-6-9(2-3-10(8)12)11(15)7-13-4-5-14/h2-3,6,13-14H,4-5,7H2,1H3. The van der Waals surface area contributed by atoms with E-state index < -0.39 is 0 Å². The molecule has 0 bridgehead atoms. The van der Waals surface area contributed by atoms with Gasteiger partial charge in [0.25, 0.3) is 0 Å². The minimum absolute atomic E-state index is 0.00424. The molecule has 0 aromatic heterocycles. The Labute approximate surface area is 87.9 Å². The van der Waals surface area contributed by atoms with Gasteiger partial charge < -0.3 is 10.4 Å². The summed E-state index contributed by atoms with van der Waals surface area (Å²) < 4.78 is 12.9. The van der Waals surface area contributed by atoms with Crippen LogP contribution in [0.15, 0.2) is 18.2 Å². The second kappa shape index (κ2) is 5.58. The average molecular weight is 211 g/mol. The molecule has 15 heavy (non-hydrogen) atoms. The average Bonchev–Trinajstić information content (AvgIpc) is 2.22. The van der Waals surface area contributed by atoms with Gasteiger partial charge in [-0.25, -0.2) is 4.39 Å². The lowest BCUT2D eigenvalue weighted by molar-refractivity contribution is 0.0989. The summed E-state index contributed by atoms with van der Waals surface area (Å²) in [6, 6.07) is 4.28. The molecule has 0 amide bonds. The SMILES string of the molecule is Cc1cc(C(=O)CNCCO)ccc1F. The van der Waals surface area contributed by atoms with E-state index in [0.717, 1.165) is 0 Å². The molecule has 1 rings (SSSR count). The Morgan fingerprint density at radius 1 is 1.53 bits per heavy atom. The van der Waals surface area contributed by atoms with Gasteiger partial charge in [0.2, 0.25) is 0 Å². The molecule has 0 radical (unpaired) electrons. The Hall–Kier alpha value is -1.26. The summed E-state index contributed by atoms with van der Waals surface area (Å²) in [4.78, 5) is 11.5. The zero-order chi connectivity index (χ0) is 11.3. The number of aliphatic hydroxyl groups is 1. The first-order valence-corrected chi connectivity index (χ1v) is 4.76. The molecule has 0 aliphatic heterocycles. The van der Waals surface area contributed by atoms with Crippen LogP contribution >= 0.6 is 0 Å². The number of Topliss-reactive ketones (excluding diaryl/α,β-unsaturated/α-hetero) is 1. The van der Waals surface area contributed by atoms with E-state index in [2.05, 4.69) is 5.32 Å². The van der Waals surface area contributed by atoms with Crippen LogP contribution in [0.25, 0.3) is 0 Å². The molecule has 0 saturated carbocycles. The first-order valence-electron chi connectivity index (χ1n) is 4.76. The van der Waals surface area contributed by atoms with Crippen molar-refractivity contribution in [3.05, 3.63) is 35.1 Å². The van der Waals surface area contributed by atoms with Crippen LogP contribution in [0.1, 0.15) is 15.9 Å². The van der Waals surface area contributed by atoms with Crippen molar-refractivity contribution in [2.45, 2.75) is 6.92 Å². The smallest absolute Gasteiger partial charge is 0.176 e. The highest BCUT2D eigenvalue weighted by atomic mass is 19.1. The van der Waals surface area contributed by atoms with Crippen LogP contribution in [0.3, 0.4) is 0 Å². The van der Waals surface area contributed by atoms with Gasteiger partial charge in [-0.3, -0.25) is 4.79 Å². The quantitative estimate of drug-likeness (QED) is 0.562. The first kappa shape index (κ1) is 11.8. The molecule has 1 aromatic rings. The van der Waals surface area contributed by atoms with Gasteiger partial charge in [0.1, 0.15) is 5.82 Å². The number of rotatable bonds is 5. The predicted molar refractivity (Wildman–Crippen MR) is 55.4 cm³/mol. The maximum Gasteiger partial charge on any atom is 0.176 e. The topological polar surface area (TPSA) is 49.3 Å². The van der Waals surface area contributed by atoms with Crippen molar-refractivity contribution in [3.63, 3.8) is 0 Å². The van der Waals surface area contributed by atoms with E-state index in [1.807, 2.05) is 0 Å². The Morgan fingerprint density at radius 2 is 2.27 bits per heavy atom. The Morgan fingerprint density at radius 3 is 2.87 bits per heavy atom. The molecule has 0 atom stereocenters. The molecule has 1 aromatic carbocycles. The fourth-order valence-corrected chi connectivity index (χ4v) is 1.20. The zero-order valence-electron chi connectivity index (χ0n) is 8.59. The number of hydrogen-bond donors (Lipinski definition) is 2. The molecule has 0 spiro atoms. The van der Waals surface area contributed by atoms with Gasteiger partial charge in [-0.15, -0.1) is 0 Å². The van der Waals surface area contributed by atoms with Crippen LogP contribution in [0, 0.1) is 12.7 Å². The number of halogens is 1. The summed E-state index contributed by atoms with van der Waals surface area (Å²) in [6.07, 6.45) is 0. The van der Waals surface area contributed by atoms with Gasteiger partial charge in [0.05, 0.1) is 13.2 Å². The molecule has 0 saturated heterocycles. The molecular weight excluding hydrogens is 197 g/mol. The van der Waals surface area contributed by atoms with Crippen LogP contribution in [-0.2, 0) is 0 Å². The van der Waals surface area contributed by atoms with E-state index in [0.29, 0.717) is 17.7 Å². The van der Waals surface area contributed by atoms with Gasteiger partial charge in [-0.2, -0.15) is 0 Å². The number of aryl methyl sites for hydroxylation is 1. The molecule has 0 unspecified atom stereocenters. The fraction of sp³-hybridized carbons (Fsp3) is 0.364. The fourth-order valence-electron chi connectivity index (χ4n) is 1.20. The highest BCUT2D eigenvalue weighted by Crippen LogP contribution is 2.09. The van der Waals surface area contributed by atoms with Crippen molar-refractivity contribution in [1.82, 2.24) is 5.32 Å². The predicted octanol–water partition coefficient (Wildman–Crippen LogP) is 0.899. The van der Waals surface area contributed by atoms with E-state index in [-0.39, 0.29) is 24.8 Å². The minimum Gasteiger partial charge on any atom is -0.395 e. The van der Waals surface area contributed by atoms with E-state index in [1.165, 1.54) is 18.2 Å². The summed E-state index contributed by atoms with van der Waals surface area (Å²) >= 11 is 0. The molecule has 3 nitrogen and oxygen atoms in total. The lowest BCUT2D eigenvalue weighted by Crippen LogP contribution is -2.25. The van der Waals surface area contributed by atoms with Crippen molar-refractivity contribution in [2.75, 3.05) is 19.7 Å². The maximum atomic E-state index is 12.9. The monoisotopic (exact) mass is 211 g/mol. The molecular formula is C11H14FNO2. The minimum atomic E-state index is -0.310. The summed E-state index contributed by atoms with van der Waals surface area (Å²) in [5.41, 5.74) is 0.947. The number of carbonyl (C=O) groups excluding carboxylic acids is 1. The van der Waals surface area contributed by atoms with Gasteiger partial charge in [-0.1, -0.05) is 0 Å². The molecule has 0 aliphatic carbocycles. The van der Waals surface area contributed by atoms with E-state index in [9.17, 15) is 9.18 Å². The Bertz CT molecular complexity index is 352. The summed E-state index contributed by atoms with van der Waals surface area (Å²) in [5, 5.41) is 11.3. The third kappa shape index (κ3) is 3.42. The Kier molecular flexibility index (Phi) is 4.39. The van der Waals surface area contributed by atoms with Crippen LogP contribution in [0.2, 0.25) is 0 Å². The van der Waals surface area contributed by atoms with Gasteiger partial charge in [0, 0.05) is 12.1 Å². The highest BCUT2D eigenvalue weighted by molar-refractivity contribution is 5.97. The Balaban J connectivity index is 2.62. The molecule has 82 valence electrons. The second-order valence-electron chi connectivity index (χ2n) is 3.29.